The summed E-state index contributed by atoms with van der Waals surface area (Å²) in [6.45, 7) is 7.73. The van der Waals surface area contributed by atoms with Crippen LogP contribution in [-0.4, -0.2) is 35.7 Å². The number of piperidine rings is 1. The van der Waals surface area contributed by atoms with E-state index < -0.39 is 0 Å². The molecule has 0 aromatic rings. The second-order valence-corrected chi connectivity index (χ2v) is 4.35. The van der Waals surface area contributed by atoms with Crippen molar-refractivity contribution in [3.05, 3.63) is 0 Å². The molecule has 2 unspecified atom stereocenters. The van der Waals surface area contributed by atoms with E-state index in [9.17, 15) is 5.11 Å². The van der Waals surface area contributed by atoms with Crippen LogP contribution in [0.5, 0.6) is 0 Å². The highest BCUT2D eigenvalue weighted by atomic mass is 16.3. The zero-order valence-electron chi connectivity index (χ0n) is 9.00. The fourth-order valence-corrected chi connectivity index (χ4v) is 2.06. The molecule has 0 spiro atoms. The second-order valence-electron chi connectivity index (χ2n) is 4.35. The van der Waals surface area contributed by atoms with E-state index in [0.717, 1.165) is 18.9 Å². The van der Waals surface area contributed by atoms with E-state index in [0.29, 0.717) is 0 Å². The minimum atomic E-state index is -0.137. The summed E-state index contributed by atoms with van der Waals surface area (Å²) in [4.78, 5) is 2.50. The van der Waals surface area contributed by atoms with Crippen LogP contribution in [0.3, 0.4) is 0 Å². The van der Waals surface area contributed by atoms with Crippen molar-refractivity contribution < 1.29 is 5.11 Å². The summed E-state index contributed by atoms with van der Waals surface area (Å²) in [5, 5.41) is 9.18. The van der Waals surface area contributed by atoms with Gasteiger partial charge in [-0.05, 0) is 38.6 Å². The van der Waals surface area contributed by atoms with E-state index in [1.54, 1.807) is 0 Å². The Hall–Kier alpha value is -0.0800. The molecule has 0 radical (unpaired) electrons. The third kappa shape index (κ3) is 4.10. The Kier molecular flexibility index (Phi) is 4.74. The average molecular weight is 185 g/mol. The van der Waals surface area contributed by atoms with Crippen LogP contribution < -0.4 is 0 Å². The predicted molar refractivity (Wildman–Crippen MR) is 55.8 cm³/mol. The lowest BCUT2D eigenvalue weighted by Crippen LogP contribution is -2.36. The summed E-state index contributed by atoms with van der Waals surface area (Å²) < 4.78 is 0. The standard InChI is InChI=1S/C11H23NO/c1-3-11-5-4-7-12(9-11)8-6-10(2)13/h10-11,13H,3-9H2,1-2H3. The van der Waals surface area contributed by atoms with Crippen molar-refractivity contribution in [2.45, 2.75) is 45.6 Å². The molecule has 1 aliphatic rings. The van der Waals surface area contributed by atoms with Crippen molar-refractivity contribution in [1.29, 1.82) is 0 Å². The molecule has 1 fully saturated rings. The first-order valence-corrected chi connectivity index (χ1v) is 5.62. The van der Waals surface area contributed by atoms with Gasteiger partial charge >= 0.3 is 0 Å². The summed E-state index contributed by atoms with van der Waals surface area (Å²) in [7, 11) is 0. The van der Waals surface area contributed by atoms with Crippen molar-refractivity contribution in [2.75, 3.05) is 19.6 Å². The quantitative estimate of drug-likeness (QED) is 0.723. The molecule has 0 aromatic heterocycles. The molecule has 0 aromatic carbocycles. The maximum atomic E-state index is 9.18. The molecule has 0 saturated carbocycles. The van der Waals surface area contributed by atoms with Gasteiger partial charge in [0.05, 0.1) is 6.10 Å². The summed E-state index contributed by atoms with van der Waals surface area (Å²) in [6.07, 6.45) is 4.85. The Morgan fingerprint density at radius 1 is 1.54 bits per heavy atom. The minimum Gasteiger partial charge on any atom is -0.393 e. The fourth-order valence-electron chi connectivity index (χ4n) is 2.06. The Morgan fingerprint density at radius 2 is 2.31 bits per heavy atom. The molecule has 1 rings (SSSR count). The normalized spacial score (nSPS) is 27.5. The van der Waals surface area contributed by atoms with Crippen LogP contribution in [0.4, 0.5) is 0 Å². The minimum absolute atomic E-state index is 0.137. The van der Waals surface area contributed by atoms with Gasteiger partial charge in [-0.15, -0.1) is 0 Å². The highest BCUT2D eigenvalue weighted by molar-refractivity contribution is 4.72. The summed E-state index contributed by atoms with van der Waals surface area (Å²) >= 11 is 0. The van der Waals surface area contributed by atoms with Gasteiger partial charge in [-0.1, -0.05) is 13.3 Å². The maximum Gasteiger partial charge on any atom is 0.0524 e. The van der Waals surface area contributed by atoms with Gasteiger partial charge < -0.3 is 10.0 Å². The topological polar surface area (TPSA) is 23.5 Å². The van der Waals surface area contributed by atoms with Crippen molar-refractivity contribution in [3.8, 4) is 0 Å². The van der Waals surface area contributed by atoms with E-state index in [1.807, 2.05) is 6.92 Å². The van der Waals surface area contributed by atoms with Gasteiger partial charge in [-0.3, -0.25) is 0 Å². The molecular formula is C11H23NO. The van der Waals surface area contributed by atoms with Crippen LogP contribution in [0.15, 0.2) is 0 Å². The summed E-state index contributed by atoms with van der Waals surface area (Å²) in [5.74, 6) is 0.905. The van der Waals surface area contributed by atoms with E-state index in [-0.39, 0.29) is 6.10 Å². The lowest BCUT2D eigenvalue weighted by molar-refractivity contribution is 0.127. The third-order valence-corrected chi connectivity index (χ3v) is 3.04. The van der Waals surface area contributed by atoms with Gasteiger partial charge in [0, 0.05) is 13.1 Å². The fraction of sp³-hybridized carbons (Fsp3) is 1.00. The first-order chi connectivity index (χ1) is 6.22. The maximum absolute atomic E-state index is 9.18. The Labute approximate surface area is 81.9 Å². The van der Waals surface area contributed by atoms with E-state index in [1.165, 1.54) is 32.4 Å². The molecule has 13 heavy (non-hydrogen) atoms. The van der Waals surface area contributed by atoms with Crippen molar-refractivity contribution >= 4 is 0 Å². The molecule has 0 aliphatic carbocycles. The van der Waals surface area contributed by atoms with Crippen LogP contribution in [-0.2, 0) is 0 Å². The first kappa shape index (κ1) is 11.0. The van der Waals surface area contributed by atoms with Crippen LogP contribution in [0, 0.1) is 5.92 Å². The SMILES string of the molecule is CCC1CCCN(CCC(C)O)C1. The average Bonchev–Trinajstić information content (AvgIpc) is 2.15. The number of hydrogen-bond donors (Lipinski definition) is 1. The molecule has 0 bridgehead atoms. The molecule has 1 saturated heterocycles. The van der Waals surface area contributed by atoms with E-state index >= 15 is 0 Å². The predicted octanol–water partition coefficient (Wildman–Crippen LogP) is 1.88. The van der Waals surface area contributed by atoms with Crippen LogP contribution in [0.2, 0.25) is 0 Å². The molecule has 2 heteroatoms. The molecule has 1 aliphatic heterocycles. The van der Waals surface area contributed by atoms with Gasteiger partial charge in [0.2, 0.25) is 0 Å². The monoisotopic (exact) mass is 185 g/mol. The Morgan fingerprint density at radius 3 is 2.92 bits per heavy atom. The van der Waals surface area contributed by atoms with Gasteiger partial charge in [0.25, 0.3) is 0 Å². The first-order valence-electron chi connectivity index (χ1n) is 5.62. The Balaban J connectivity index is 2.18. The number of hydrogen-bond acceptors (Lipinski definition) is 2. The second kappa shape index (κ2) is 5.61. The van der Waals surface area contributed by atoms with Crippen LogP contribution >= 0.6 is 0 Å². The van der Waals surface area contributed by atoms with Crippen molar-refractivity contribution in [3.63, 3.8) is 0 Å². The van der Waals surface area contributed by atoms with Crippen molar-refractivity contribution in [1.82, 2.24) is 4.90 Å². The van der Waals surface area contributed by atoms with Crippen LogP contribution in [0.1, 0.15) is 39.5 Å². The molecular weight excluding hydrogens is 162 g/mol. The number of nitrogens with zero attached hydrogens (tertiary/aromatic N) is 1. The molecule has 1 N–H and O–H groups in total. The lowest BCUT2D eigenvalue weighted by atomic mass is 9.95. The largest absolute Gasteiger partial charge is 0.393 e. The number of aliphatic hydroxyl groups excluding tert-OH is 1. The zero-order valence-corrected chi connectivity index (χ0v) is 9.00. The van der Waals surface area contributed by atoms with Gasteiger partial charge in [-0.25, -0.2) is 0 Å². The van der Waals surface area contributed by atoms with Crippen molar-refractivity contribution in [2.24, 2.45) is 5.92 Å². The molecule has 1 heterocycles. The highest BCUT2D eigenvalue weighted by Gasteiger charge is 2.17. The summed E-state index contributed by atoms with van der Waals surface area (Å²) in [5.41, 5.74) is 0. The summed E-state index contributed by atoms with van der Waals surface area (Å²) in [6, 6.07) is 0. The molecule has 0 amide bonds. The van der Waals surface area contributed by atoms with Gasteiger partial charge in [-0.2, -0.15) is 0 Å². The molecule has 78 valence electrons. The number of rotatable bonds is 4. The van der Waals surface area contributed by atoms with E-state index in [2.05, 4.69) is 11.8 Å². The number of aliphatic hydroxyl groups is 1. The number of likely N-dealkylation sites (tertiary alicyclic amines) is 1. The smallest absolute Gasteiger partial charge is 0.0524 e. The third-order valence-electron chi connectivity index (χ3n) is 3.04. The van der Waals surface area contributed by atoms with E-state index in [4.69, 9.17) is 0 Å². The Bertz CT molecular complexity index is 136. The highest BCUT2D eigenvalue weighted by Crippen LogP contribution is 2.19. The molecule has 2 nitrogen and oxygen atoms in total. The van der Waals surface area contributed by atoms with Gasteiger partial charge in [0.15, 0.2) is 0 Å². The lowest BCUT2D eigenvalue weighted by Gasteiger charge is -2.32. The van der Waals surface area contributed by atoms with Crippen LogP contribution in [0.25, 0.3) is 0 Å². The molecule has 2 atom stereocenters. The zero-order chi connectivity index (χ0) is 9.68. The van der Waals surface area contributed by atoms with Gasteiger partial charge in [0.1, 0.15) is 0 Å².